The van der Waals surface area contributed by atoms with E-state index in [4.69, 9.17) is 0 Å². The summed E-state index contributed by atoms with van der Waals surface area (Å²) in [6.45, 7) is 4.97. The molecule has 1 fully saturated rings. The molecule has 0 aliphatic heterocycles. The van der Waals surface area contributed by atoms with Crippen LogP contribution in [0.25, 0.3) is 0 Å². The highest BCUT2D eigenvalue weighted by Gasteiger charge is 2.29. The van der Waals surface area contributed by atoms with E-state index in [0.717, 1.165) is 12.0 Å². The van der Waals surface area contributed by atoms with Crippen LogP contribution in [-0.2, 0) is 12.8 Å². The Labute approximate surface area is 128 Å². The molecule has 1 aromatic carbocycles. The third kappa shape index (κ3) is 3.40. The van der Waals surface area contributed by atoms with E-state index < -0.39 is 0 Å². The molecule has 0 bridgehead atoms. The molecular formula is C18H27NS. The number of hydrogen-bond acceptors (Lipinski definition) is 2. The zero-order valence-corrected chi connectivity index (χ0v) is 13.7. The fourth-order valence-corrected chi connectivity index (χ4v) is 3.96. The summed E-state index contributed by atoms with van der Waals surface area (Å²) in [4.78, 5) is 4.22. The Morgan fingerprint density at radius 1 is 1.20 bits per heavy atom. The van der Waals surface area contributed by atoms with E-state index in [0.29, 0.717) is 0 Å². The monoisotopic (exact) mass is 289 g/mol. The molecular weight excluding hydrogens is 262 g/mol. The lowest BCUT2D eigenvalue weighted by molar-refractivity contribution is 0.172. The second-order valence-corrected chi connectivity index (χ2v) is 7.35. The fourth-order valence-electron chi connectivity index (χ4n) is 3.50. The summed E-state index contributed by atoms with van der Waals surface area (Å²) in [6.07, 6.45) is 10.3. The van der Waals surface area contributed by atoms with Crippen molar-refractivity contribution in [1.29, 1.82) is 0 Å². The average molecular weight is 289 g/mol. The number of fused-ring (bicyclic) bond motifs is 1. The summed E-state index contributed by atoms with van der Waals surface area (Å²) >= 11 is 1.87. The zero-order chi connectivity index (χ0) is 13.9. The predicted octanol–water partition coefficient (Wildman–Crippen LogP) is 4.39. The van der Waals surface area contributed by atoms with Crippen molar-refractivity contribution in [2.45, 2.75) is 56.4 Å². The van der Waals surface area contributed by atoms with Gasteiger partial charge in [-0.1, -0.05) is 13.0 Å². The maximum absolute atomic E-state index is 2.80. The third-order valence-electron chi connectivity index (χ3n) is 4.83. The molecule has 20 heavy (non-hydrogen) atoms. The molecule has 0 N–H and O–H groups in total. The Kier molecular flexibility index (Phi) is 4.72. The van der Waals surface area contributed by atoms with Gasteiger partial charge >= 0.3 is 0 Å². The Morgan fingerprint density at radius 2 is 2.05 bits per heavy atom. The van der Waals surface area contributed by atoms with Crippen molar-refractivity contribution in [3.63, 3.8) is 0 Å². The van der Waals surface area contributed by atoms with Crippen LogP contribution in [0.1, 0.15) is 43.7 Å². The molecule has 0 aromatic heterocycles. The highest BCUT2D eigenvalue weighted by molar-refractivity contribution is 7.98. The molecule has 1 aromatic rings. The quantitative estimate of drug-likeness (QED) is 0.715. The van der Waals surface area contributed by atoms with Crippen molar-refractivity contribution >= 4 is 11.8 Å². The van der Waals surface area contributed by atoms with Gasteiger partial charge in [0.2, 0.25) is 0 Å². The van der Waals surface area contributed by atoms with Gasteiger partial charge < -0.3 is 0 Å². The zero-order valence-electron chi connectivity index (χ0n) is 12.9. The largest absolute Gasteiger partial charge is 0.300 e. The number of benzene rings is 1. The number of aryl methyl sites for hydroxylation is 1. The van der Waals surface area contributed by atoms with Gasteiger partial charge in [-0.2, -0.15) is 0 Å². The van der Waals surface area contributed by atoms with Gasteiger partial charge in [-0.15, -0.1) is 11.8 Å². The standard InChI is InChI=1S/C18H27NS/c1-3-10-19(13-14-4-5-14)17-8-6-15-7-9-18(20-2)12-16(15)11-17/h7,9,12,14,17H,3-6,8,10-11,13H2,1-2H3. The van der Waals surface area contributed by atoms with Crippen molar-refractivity contribution < 1.29 is 0 Å². The smallest absolute Gasteiger partial charge is 0.0139 e. The van der Waals surface area contributed by atoms with E-state index in [1.54, 1.807) is 11.1 Å². The molecule has 1 nitrogen and oxygen atoms in total. The van der Waals surface area contributed by atoms with Crippen molar-refractivity contribution in [1.82, 2.24) is 4.90 Å². The molecule has 0 saturated heterocycles. The Balaban J connectivity index is 1.71. The first kappa shape index (κ1) is 14.5. The molecule has 2 aliphatic carbocycles. The van der Waals surface area contributed by atoms with Crippen LogP contribution < -0.4 is 0 Å². The first-order valence-corrected chi connectivity index (χ1v) is 9.42. The topological polar surface area (TPSA) is 3.24 Å². The maximum atomic E-state index is 2.80. The molecule has 110 valence electrons. The van der Waals surface area contributed by atoms with Gasteiger partial charge in [0, 0.05) is 17.5 Å². The number of hydrogen-bond donors (Lipinski definition) is 0. The van der Waals surface area contributed by atoms with Crippen LogP contribution in [0.2, 0.25) is 0 Å². The summed E-state index contributed by atoms with van der Waals surface area (Å²) in [6, 6.07) is 7.88. The Bertz CT molecular complexity index is 453. The Morgan fingerprint density at radius 3 is 2.75 bits per heavy atom. The summed E-state index contributed by atoms with van der Waals surface area (Å²) in [7, 11) is 0. The van der Waals surface area contributed by atoms with Crippen LogP contribution in [-0.4, -0.2) is 30.3 Å². The first-order valence-electron chi connectivity index (χ1n) is 8.20. The number of rotatable bonds is 6. The molecule has 3 rings (SSSR count). The summed E-state index contributed by atoms with van der Waals surface area (Å²) < 4.78 is 0. The van der Waals surface area contributed by atoms with E-state index in [-0.39, 0.29) is 0 Å². The summed E-state index contributed by atoms with van der Waals surface area (Å²) in [5, 5.41) is 0. The highest BCUT2D eigenvalue weighted by atomic mass is 32.2. The minimum atomic E-state index is 0.792. The van der Waals surface area contributed by atoms with E-state index in [2.05, 4.69) is 36.3 Å². The second kappa shape index (κ2) is 6.53. The highest BCUT2D eigenvalue weighted by Crippen LogP contribution is 2.33. The SMILES string of the molecule is CCCN(CC1CC1)C1CCc2ccc(SC)cc2C1. The normalized spacial score (nSPS) is 22.1. The molecule has 2 heteroatoms. The molecule has 1 saturated carbocycles. The molecule has 1 atom stereocenters. The van der Waals surface area contributed by atoms with Crippen molar-refractivity contribution in [3.8, 4) is 0 Å². The van der Waals surface area contributed by atoms with Gasteiger partial charge in [0.15, 0.2) is 0 Å². The molecule has 0 spiro atoms. The van der Waals surface area contributed by atoms with Crippen LogP contribution in [0.4, 0.5) is 0 Å². The van der Waals surface area contributed by atoms with Gasteiger partial charge in [0.1, 0.15) is 0 Å². The average Bonchev–Trinajstić information content (AvgIpc) is 3.29. The van der Waals surface area contributed by atoms with E-state index >= 15 is 0 Å². The lowest BCUT2D eigenvalue weighted by atomic mass is 9.87. The molecule has 0 amide bonds. The third-order valence-corrected chi connectivity index (χ3v) is 5.56. The van der Waals surface area contributed by atoms with Gasteiger partial charge in [-0.05, 0) is 80.5 Å². The molecule has 0 radical (unpaired) electrons. The number of thioether (sulfide) groups is 1. The summed E-state index contributed by atoms with van der Waals surface area (Å²) in [5.41, 5.74) is 3.21. The maximum Gasteiger partial charge on any atom is 0.0139 e. The molecule has 1 unspecified atom stereocenters. The molecule has 2 aliphatic rings. The van der Waals surface area contributed by atoms with Crippen molar-refractivity contribution in [2.75, 3.05) is 19.3 Å². The number of nitrogens with zero attached hydrogens (tertiary/aromatic N) is 1. The minimum absolute atomic E-state index is 0.792. The molecule has 0 heterocycles. The van der Waals surface area contributed by atoms with Crippen LogP contribution in [0.5, 0.6) is 0 Å². The van der Waals surface area contributed by atoms with Gasteiger partial charge in [0.25, 0.3) is 0 Å². The van der Waals surface area contributed by atoms with Gasteiger partial charge in [-0.25, -0.2) is 0 Å². The predicted molar refractivity (Wildman–Crippen MR) is 88.6 cm³/mol. The summed E-state index contributed by atoms with van der Waals surface area (Å²) in [5.74, 6) is 1.01. The van der Waals surface area contributed by atoms with Crippen LogP contribution in [0.15, 0.2) is 23.1 Å². The Hall–Kier alpha value is -0.470. The van der Waals surface area contributed by atoms with Crippen LogP contribution in [0.3, 0.4) is 0 Å². The second-order valence-electron chi connectivity index (χ2n) is 6.47. The lowest BCUT2D eigenvalue weighted by Crippen LogP contribution is -2.41. The van der Waals surface area contributed by atoms with Crippen molar-refractivity contribution in [2.24, 2.45) is 5.92 Å². The van der Waals surface area contributed by atoms with E-state index in [9.17, 15) is 0 Å². The van der Waals surface area contributed by atoms with E-state index in [1.165, 1.54) is 56.5 Å². The van der Waals surface area contributed by atoms with Crippen molar-refractivity contribution in [3.05, 3.63) is 29.3 Å². The van der Waals surface area contributed by atoms with Crippen LogP contribution in [0, 0.1) is 5.92 Å². The van der Waals surface area contributed by atoms with Gasteiger partial charge in [0.05, 0.1) is 0 Å². The minimum Gasteiger partial charge on any atom is -0.300 e. The fraction of sp³-hybridized carbons (Fsp3) is 0.667. The van der Waals surface area contributed by atoms with E-state index in [1.807, 2.05) is 11.8 Å². The van der Waals surface area contributed by atoms with Gasteiger partial charge in [-0.3, -0.25) is 4.90 Å². The first-order chi connectivity index (χ1) is 9.80. The lowest BCUT2D eigenvalue weighted by Gasteiger charge is -2.35. The van der Waals surface area contributed by atoms with Crippen LogP contribution >= 0.6 is 11.8 Å².